The topological polar surface area (TPSA) is 67.4 Å². The molecule has 2 rings (SSSR count). The van der Waals surface area contributed by atoms with Crippen molar-refractivity contribution in [2.24, 2.45) is 17.3 Å². The molecule has 19 heavy (non-hydrogen) atoms. The third kappa shape index (κ3) is 2.91. The maximum absolute atomic E-state index is 12.3. The molecular weight excluding hydrogens is 244 g/mol. The summed E-state index contributed by atoms with van der Waals surface area (Å²) in [4.78, 5) is 23.9. The molecule has 0 radical (unpaired) electrons. The van der Waals surface area contributed by atoms with E-state index in [9.17, 15) is 9.59 Å². The molecule has 1 spiro atoms. The van der Waals surface area contributed by atoms with Gasteiger partial charge < -0.3 is 15.4 Å². The van der Waals surface area contributed by atoms with Gasteiger partial charge in [-0.3, -0.25) is 4.79 Å². The van der Waals surface area contributed by atoms with Gasteiger partial charge in [-0.25, -0.2) is 4.79 Å². The molecule has 2 unspecified atom stereocenters. The van der Waals surface area contributed by atoms with Gasteiger partial charge in [0.1, 0.15) is 6.04 Å². The largest absolute Gasteiger partial charge is 0.467 e. The molecule has 0 aromatic rings. The predicted octanol–water partition coefficient (Wildman–Crippen LogP) is 0.690. The van der Waals surface area contributed by atoms with Gasteiger partial charge in [0.2, 0.25) is 5.91 Å². The summed E-state index contributed by atoms with van der Waals surface area (Å²) in [6.45, 7) is 5.81. The normalized spacial score (nSPS) is 26.0. The summed E-state index contributed by atoms with van der Waals surface area (Å²) in [5.41, 5.74) is 0.201. The van der Waals surface area contributed by atoms with E-state index in [2.05, 4.69) is 10.6 Å². The first kappa shape index (κ1) is 14.3. The number of piperidine rings is 1. The zero-order valence-corrected chi connectivity index (χ0v) is 12.0. The van der Waals surface area contributed by atoms with Gasteiger partial charge in [-0.15, -0.1) is 0 Å². The lowest BCUT2D eigenvalue weighted by Crippen LogP contribution is -2.46. The molecule has 108 valence electrons. The van der Waals surface area contributed by atoms with Crippen LogP contribution in [0.2, 0.25) is 0 Å². The monoisotopic (exact) mass is 268 g/mol. The van der Waals surface area contributed by atoms with Crippen LogP contribution in [0.1, 0.15) is 33.1 Å². The molecule has 0 aromatic carbocycles. The van der Waals surface area contributed by atoms with Crippen LogP contribution in [-0.2, 0) is 14.3 Å². The molecule has 1 amide bonds. The molecule has 5 heteroatoms. The van der Waals surface area contributed by atoms with Crippen LogP contribution in [0.25, 0.3) is 0 Å². The van der Waals surface area contributed by atoms with Gasteiger partial charge in [0, 0.05) is 5.92 Å². The van der Waals surface area contributed by atoms with Crippen LogP contribution in [0, 0.1) is 17.3 Å². The van der Waals surface area contributed by atoms with E-state index in [4.69, 9.17) is 4.74 Å². The number of hydrogen-bond acceptors (Lipinski definition) is 4. The highest BCUT2D eigenvalue weighted by Gasteiger charge is 2.58. The summed E-state index contributed by atoms with van der Waals surface area (Å²) in [5.74, 6) is -0.214. The fourth-order valence-corrected chi connectivity index (χ4v) is 3.07. The first-order chi connectivity index (χ1) is 9.00. The van der Waals surface area contributed by atoms with Crippen molar-refractivity contribution < 1.29 is 14.3 Å². The minimum Gasteiger partial charge on any atom is -0.467 e. The van der Waals surface area contributed by atoms with Crippen LogP contribution in [0.4, 0.5) is 0 Å². The molecule has 2 N–H and O–H groups in total. The summed E-state index contributed by atoms with van der Waals surface area (Å²) in [5, 5.41) is 6.19. The number of hydrogen-bond donors (Lipinski definition) is 2. The van der Waals surface area contributed by atoms with Crippen molar-refractivity contribution in [1.82, 2.24) is 10.6 Å². The fourth-order valence-electron chi connectivity index (χ4n) is 3.07. The van der Waals surface area contributed by atoms with Crippen LogP contribution in [0.15, 0.2) is 0 Å². The number of carbonyl (C=O) groups is 2. The van der Waals surface area contributed by atoms with E-state index in [1.54, 1.807) is 0 Å². The third-order valence-corrected chi connectivity index (χ3v) is 4.53. The Morgan fingerprint density at radius 3 is 2.47 bits per heavy atom. The molecule has 2 aliphatic rings. The van der Waals surface area contributed by atoms with Crippen LogP contribution in [0.3, 0.4) is 0 Å². The number of nitrogens with one attached hydrogen (secondary N) is 2. The minimum atomic E-state index is -0.531. The Balaban J connectivity index is 1.92. The lowest BCUT2D eigenvalue weighted by Gasteiger charge is -2.24. The first-order valence-electron chi connectivity index (χ1n) is 7.09. The second-order valence-electron chi connectivity index (χ2n) is 6.12. The van der Waals surface area contributed by atoms with Crippen LogP contribution in [0.5, 0.6) is 0 Å². The van der Waals surface area contributed by atoms with Crippen molar-refractivity contribution in [2.45, 2.75) is 39.2 Å². The lowest BCUT2D eigenvalue weighted by molar-refractivity contribution is -0.146. The molecule has 2 atom stereocenters. The van der Waals surface area contributed by atoms with E-state index in [1.165, 1.54) is 7.11 Å². The molecule has 5 nitrogen and oxygen atoms in total. The Bertz CT molecular complexity index is 362. The summed E-state index contributed by atoms with van der Waals surface area (Å²) >= 11 is 0. The SMILES string of the molecule is COC(=O)C(NC(=O)C1CC12CCNCC2)C(C)C. The van der Waals surface area contributed by atoms with Crippen molar-refractivity contribution in [3.63, 3.8) is 0 Å². The second kappa shape index (κ2) is 5.49. The average molecular weight is 268 g/mol. The summed E-state index contributed by atoms with van der Waals surface area (Å²) in [7, 11) is 1.36. The van der Waals surface area contributed by atoms with Gasteiger partial charge in [-0.2, -0.15) is 0 Å². The Kier molecular flexibility index (Phi) is 4.13. The molecule has 1 saturated heterocycles. The Morgan fingerprint density at radius 2 is 1.95 bits per heavy atom. The van der Waals surface area contributed by atoms with Gasteiger partial charge in [-0.1, -0.05) is 13.8 Å². The van der Waals surface area contributed by atoms with Gasteiger partial charge in [0.05, 0.1) is 7.11 Å². The van der Waals surface area contributed by atoms with Gasteiger partial charge in [0.25, 0.3) is 0 Å². The molecule has 1 heterocycles. The van der Waals surface area contributed by atoms with Crippen molar-refractivity contribution >= 4 is 11.9 Å². The number of esters is 1. The molecule has 0 bridgehead atoms. The van der Waals surface area contributed by atoms with E-state index in [0.717, 1.165) is 32.4 Å². The predicted molar refractivity (Wildman–Crippen MR) is 71.4 cm³/mol. The Labute approximate surface area is 114 Å². The number of ether oxygens (including phenoxy) is 1. The molecule has 2 fully saturated rings. The zero-order chi connectivity index (χ0) is 14.0. The average Bonchev–Trinajstić information content (AvgIpc) is 3.09. The molecule has 1 saturated carbocycles. The van der Waals surface area contributed by atoms with Crippen molar-refractivity contribution in [3.05, 3.63) is 0 Å². The van der Waals surface area contributed by atoms with Crippen molar-refractivity contribution in [3.8, 4) is 0 Å². The third-order valence-electron chi connectivity index (χ3n) is 4.53. The smallest absolute Gasteiger partial charge is 0.328 e. The number of rotatable bonds is 4. The summed E-state index contributed by atoms with van der Waals surface area (Å²) < 4.78 is 4.75. The molecular formula is C14H24N2O3. The summed E-state index contributed by atoms with van der Waals surface area (Å²) in [6, 6.07) is -0.531. The van der Waals surface area contributed by atoms with E-state index in [-0.39, 0.29) is 29.1 Å². The van der Waals surface area contributed by atoms with Crippen LogP contribution < -0.4 is 10.6 Å². The van der Waals surface area contributed by atoms with E-state index < -0.39 is 6.04 Å². The molecule has 1 aliphatic carbocycles. The second-order valence-corrected chi connectivity index (χ2v) is 6.12. The van der Waals surface area contributed by atoms with Crippen molar-refractivity contribution in [2.75, 3.05) is 20.2 Å². The first-order valence-corrected chi connectivity index (χ1v) is 7.09. The molecule has 1 aliphatic heterocycles. The maximum atomic E-state index is 12.3. The van der Waals surface area contributed by atoms with Crippen LogP contribution in [-0.4, -0.2) is 38.1 Å². The zero-order valence-electron chi connectivity index (χ0n) is 12.0. The lowest BCUT2D eigenvalue weighted by atomic mass is 9.91. The van der Waals surface area contributed by atoms with Gasteiger partial charge in [0.15, 0.2) is 0 Å². The fraction of sp³-hybridized carbons (Fsp3) is 0.857. The standard InChI is InChI=1S/C14H24N2O3/c1-9(2)11(13(18)19-3)16-12(17)10-8-14(10)4-6-15-7-5-14/h9-11,15H,4-8H2,1-3H3,(H,16,17). The highest BCUT2D eigenvalue weighted by molar-refractivity contribution is 5.88. The minimum absolute atomic E-state index is 0.0194. The number of carbonyl (C=O) groups excluding carboxylic acids is 2. The van der Waals surface area contributed by atoms with Gasteiger partial charge >= 0.3 is 5.97 Å². The van der Waals surface area contributed by atoms with E-state index in [1.807, 2.05) is 13.8 Å². The highest BCUT2D eigenvalue weighted by Crippen LogP contribution is 2.58. The quantitative estimate of drug-likeness (QED) is 0.736. The summed E-state index contributed by atoms with van der Waals surface area (Å²) in [6.07, 6.45) is 3.10. The van der Waals surface area contributed by atoms with Gasteiger partial charge in [-0.05, 0) is 43.7 Å². The number of methoxy groups -OCH3 is 1. The Morgan fingerprint density at radius 1 is 1.32 bits per heavy atom. The number of amides is 1. The van der Waals surface area contributed by atoms with E-state index >= 15 is 0 Å². The highest BCUT2D eigenvalue weighted by atomic mass is 16.5. The van der Waals surface area contributed by atoms with Crippen molar-refractivity contribution in [1.29, 1.82) is 0 Å². The molecule has 0 aromatic heterocycles. The van der Waals surface area contributed by atoms with Crippen LogP contribution >= 0.6 is 0 Å². The Hall–Kier alpha value is -1.10. The van der Waals surface area contributed by atoms with E-state index in [0.29, 0.717) is 0 Å². The maximum Gasteiger partial charge on any atom is 0.328 e.